The number of hydrogen-bond donors (Lipinski definition) is 1. The van der Waals surface area contributed by atoms with Crippen molar-refractivity contribution in [1.82, 2.24) is 14.7 Å². The Morgan fingerprint density at radius 1 is 1.50 bits per heavy atom. The van der Waals surface area contributed by atoms with Crippen molar-refractivity contribution in [2.75, 3.05) is 13.2 Å². The second kappa shape index (κ2) is 6.47. The van der Waals surface area contributed by atoms with Crippen molar-refractivity contribution in [3.05, 3.63) is 17.3 Å². The lowest BCUT2D eigenvalue weighted by Crippen LogP contribution is -2.23. The Morgan fingerprint density at radius 3 is 3.05 bits per heavy atom. The number of rotatable bonds is 5. The molecule has 0 bridgehead atoms. The van der Waals surface area contributed by atoms with Crippen LogP contribution in [0.3, 0.4) is 0 Å². The lowest BCUT2D eigenvalue weighted by molar-refractivity contribution is 0.1000. The number of thiazole rings is 1. The minimum atomic E-state index is 0.486. The van der Waals surface area contributed by atoms with Crippen molar-refractivity contribution >= 4 is 28.1 Å². The van der Waals surface area contributed by atoms with E-state index in [2.05, 4.69) is 35.1 Å². The van der Waals surface area contributed by atoms with E-state index >= 15 is 0 Å². The maximum absolute atomic E-state index is 5.44. The van der Waals surface area contributed by atoms with Crippen molar-refractivity contribution in [1.29, 1.82) is 0 Å². The van der Waals surface area contributed by atoms with Crippen LogP contribution in [0.25, 0.3) is 4.96 Å². The van der Waals surface area contributed by atoms with Crippen LogP contribution in [0.1, 0.15) is 32.4 Å². The third-order valence-corrected chi connectivity index (χ3v) is 5.56. The van der Waals surface area contributed by atoms with E-state index < -0.39 is 0 Å². The topological polar surface area (TPSA) is 38.6 Å². The lowest BCUT2D eigenvalue weighted by Gasteiger charge is -2.21. The van der Waals surface area contributed by atoms with Gasteiger partial charge in [0.15, 0.2) is 4.96 Å². The van der Waals surface area contributed by atoms with Gasteiger partial charge in [0.05, 0.1) is 5.69 Å². The number of aromatic nitrogens is 2. The lowest BCUT2D eigenvalue weighted by atomic mass is 10.2. The summed E-state index contributed by atoms with van der Waals surface area (Å²) in [5.41, 5.74) is 1.30. The van der Waals surface area contributed by atoms with Gasteiger partial charge in [-0.3, -0.25) is 4.40 Å². The highest BCUT2D eigenvalue weighted by molar-refractivity contribution is 7.99. The molecule has 6 heteroatoms. The first-order chi connectivity index (χ1) is 9.74. The van der Waals surface area contributed by atoms with E-state index in [9.17, 15) is 0 Å². The Hall–Kier alpha value is -0.560. The zero-order chi connectivity index (χ0) is 13.9. The average molecular weight is 311 g/mol. The van der Waals surface area contributed by atoms with E-state index in [4.69, 9.17) is 9.72 Å². The van der Waals surface area contributed by atoms with E-state index in [0.29, 0.717) is 11.3 Å². The molecule has 2 aromatic rings. The zero-order valence-electron chi connectivity index (χ0n) is 12.0. The highest BCUT2D eigenvalue weighted by Crippen LogP contribution is 2.33. The SMILES string of the molecule is CC(C)NCc1c(SC2CCOCC2)nc2sccn12. The number of ether oxygens (including phenoxy) is 1. The molecule has 1 N–H and O–H groups in total. The van der Waals surface area contributed by atoms with Crippen LogP contribution in [-0.4, -0.2) is 33.9 Å². The summed E-state index contributed by atoms with van der Waals surface area (Å²) in [6.45, 7) is 7.01. The number of nitrogens with one attached hydrogen (secondary N) is 1. The van der Waals surface area contributed by atoms with Gasteiger partial charge in [-0.2, -0.15) is 0 Å². The largest absolute Gasteiger partial charge is 0.381 e. The molecular weight excluding hydrogens is 290 g/mol. The molecule has 2 aromatic heterocycles. The van der Waals surface area contributed by atoms with Gasteiger partial charge in [0.1, 0.15) is 5.03 Å². The number of thioether (sulfide) groups is 1. The molecule has 4 nitrogen and oxygen atoms in total. The second-order valence-electron chi connectivity index (χ2n) is 5.38. The third-order valence-electron chi connectivity index (χ3n) is 3.45. The van der Waals surface area contributed by atoms with Gasteiger partial charge in [0, 0.05) is 42.6 Å². The van der Waals surface area contributed by atoms with Crippen molar-refractivity contribution in [3.63, 3.8) is 0 Å². The van der Waals surface area contributed by atoms with Gasteiger partial charge in [-0.25, -0.2) is 4.98 Å². The highest BCUT2D eigenvalue weighted by Gasteiger charge is 2.20. The van der Waals surface area contributed by atoms with Crippen LogP contribution in [0.15, 0.2) is 16.6 Å². The fourth-order valence-corrected chi connectivity index (χ4v) is 4.30. The number of imidazole rings is 1. The van der Waals surface area contributed by atoms with Crippen LogP contribution in [0.4, 0.5) is 0 Å². The van der Waals surface area contributed by atoms with Crippen molar-refractivity contribution in [2.24, 2.45) is 0 Å². The molecule has 0 aliphatic carbocycles. The quantitative estimate of drug-likeness (QED) is 0.920. The molecule has 3 heterocycles. The monoisotopic (exact) mass is 311 g/mol. The summed E-state index contributed by atoms with van der Waals surface area (Å²) in [6.07, 6.45) is 4.39. The summed E-state index contributed by atoms with van der Waals surface area (Å²) in [4.78, 5) is 5.91. The van der Waals surface area contributed by atoms with E-state index in [1.807, 2.05) is 11.8 Å². The van der Waals surface area contributed by atoms with Gasteiger partial charge < -0.3 is 10.1 Å². The molecule has 0 unspecified atom stereocenters. The maximum Gasteiger partial charge on any atom is 0.194 e. The molecule has 110 valence electrons. The number of nitrogens with zero attached hydrogens (tertiary/aromatic N) is 2. The van der Waals surface area contributed by atoms with Crippen LogP contribution < -0.4 is 5.32 Å². The average Bonchev–Trinajstić information content (AvgIpc) is 2.99. The van der Waals surface area contributed by atoms with Crippen LogP contribution in [0.5, 0.6) is 0 Å². The molecule has 1 aliphatic rings. The van der Waals surface area contributed by atoms with E-state index in [1.54, 1.807) is 11.3 Å². The standard InChI is InChI=1S/C14H21N3OS2/c1-10(2)15-9-12-13(16-14-17(12)5-8-19-14)20-11-3-6-18-7-4-11/h5,8,10-11,15H,3-4,6-7,9H2,1-2H3. The first-order valence-corrected chi connectivity index (χ1v) is 8.92. The Bertz CT molecular complexity index is 558. The summed E-state index contributed by atoms with van der Waals surface area (Å²) in [7, 11) is 0. The van der Waals surface area contributed by atoms with E-state index in [-0.39, 0.29) is 0 Å². The first kappa shape index (κ1) is 14.4. The zero-order valence-corrected chi connectivity index (χ0v) is 13.6. The van der Waals surface area contributed by atoms with Gasteiger partial charge in [-0.1, -0.05) is 13.8 Å². The minimum Gasteiger partial charge on any atom is -0.381 e. The predicted octanol–water partition coefficient (Wildman–Crippen LogP) is 3.16. The van der Waals surface area contributed by atoms with Crippen LogP contribution in [0, 0.1) is 0 Å². The fourth-order valence-electron chi connectivity index (χ4n) is 2.32. The summed E-state index contributed by atoms with van der Waals surface area (Å²) in [6, 6.07) is 0.486. The molecule has 0 amide bonds. The van der Waals surface area contributed by atoms with E-state index in [1.165, 1.54) is 10.7 Å². The van der Waals surface area contributed by atoms with Crippen molar-refractivity contribution < 1.29 is 4.74 Å². The molecule has 0 aromatic carbocycles. The Balaban J connectivity index is 1.80. The summed E-state index contributed by atoms with van der Waals surface area (Å²) < 4.78 is 7.67. The number of hydrogen-bond acceptors (Lipinski definition) is 5. The molecule has 0 radical (unpaired) electrons. The van der Waals surface area contributed by atoms with Crippen LogP contribution in [-0.2, 0) is 11.3 Å². The number of fused-ring (bicyclic) bond motifs is 1. The molecule has 0 saturated carbocycles. The third kappa shape index (κ3) is 3.19. The summed E-state index contributed by atoms with van der Waals surface area (Å²) >= 11 is 3.63. The van der Waals surface area contributed by atoms with E-state index in [0.717, 1.165) is 37.6 Å². The van der Waals surface area contributed by atoms with Crippen molar-refractivity contribution in [3.8, 4) is 0 Å². The predicted molar refractivity (Wildman–Crippen MR) is 84.7 cm³/mol. The highest BCUT2D eigenvalue weighted by atomic mass is 32.2. The van der Waals surface area contributed by atoms with Gasteiger partial charge in [-0.05, 0) is 12.8 Å². The fraction of sp³-hybridized carbons (Fsp3) is 0.643. The molecule has 0 spiro atoms. The normalized spacial score (nSPS) is 17.4. The van der Waals surface area contributed by atoms with Crippen molar-refractivity contribution in [2.45, 2.75) is 49.6 Å². The van der Waals surface area contributed by atoms with Gasteiger partial charge in [-0.15, -0.1) is 23.1 Å². The molecular formula is C14H21N3OS2. The smallest absolute Gasteiger partial charge is 0.194 e. The van der Waals surface area contributed by atoms with Crippen LogP contribution in [0.2, 0.25) is 0 Å². The van der Waals surface area contributed by atoms with Crippen LogP contribution >= 0.6 is 23.1 Å². The molecule has 3 rings (SSSR count). The molecule has 1 fully saturated rings. The molecule has 1 aliphatic heterocycles. The Labute approximate surface area is 127 Å². The second-order valence-corrected chi connectivity index (χ2v) is 7.55. The van der Waals surface area contributed by atoms with Gasteiger partial charge in [0.25, 0.3) is 0 Å². The Kier molecular flexibility index (Phi) is 4.65. The molecule has 20 heavy (non-hydrogen) atoms. The summed E-state index contributed by atoms with van der Waals surface area (Å²) in [5.74, 6) is 0. The van der Waals surface area contributed by atoms with Gasteiger partial charge >= 0.3 is 0 Å². The first-order valence-electron chi connectivity index (χ1n) is 7.16. The summed E-state index contributed by atoms with van der Waals surface area (Å²) in [5, 5.41) is 7.45. The minimum absolute atomic E-state index is 0.486. The maximum atomic E-state index is 5.44. The Morgan fingerprint density at radius 2 is 2.30 bits per heavy atom. The van der Waals surface area contributed by atoms with Gasteiger partial charge in [0.2, 0.25) is 0 Å². The molecule has 0 atom stereocenters. The molecule has 1 saturated heterocycles.